The molecule has 0 saturated carbocycles. The van der Waals surface area contributed by atoms with E-state index < -0.39 is 5.63 Å². The fourth-order valence-electron chi connectivity index (χ4n) is 4.25. The summed E-state index contributed by atoms with van der Waals surface area (Å²) in [5, 5.41) is 11.7. The van der Waals surface area contributed by atoms with E-state index in [1.807, 2.05) is 30.3 Å². The molecule has 0 saturated heterocycles. The highest BCUT2D eigenvalue weighted by Gasteiger charge is 2.27. The number of hydrogen-bond acceptors (Lipinski definition) is 10. The maximum atomic E-state index is 13.4. The number of methoxy groups -OCH3 is 5. The number of ether oxygens (including phenoxy) is 7. The van der Waals surface area contributed by atoms with Crippen LogP contribution in [-0.4, -0.2) is 47.4 Å². The average molecular weight is 539 g/mol. The van der Waals surface area contributed by atoms with Crippen molar-refractivity contribution < 1.29 is 42.7 Å². The summed E-state index contributed by atoms with van der Waals surface area (Å²) in [6.07, 6.45) is 0. The third-order valence-electron chi connectivity index (χ3n) is 6.03. The molecule has 10 heteroatoms. The van der Waals surface area contributed by atoms with Gasteiger partial charge in [-0.3, -0.25) is 0 Å². The maximum absolute atomic E-state index is 13.4. The number of aromatic hydroxyl groups is 1. The van der Waals surface area contributed by atoms with E-state index in [-0.39, 0.29) is 59.5 Å². The molecule has 39 heavy (non-hydrogen) atoms. The van der Waals surface area contributed by atoms with Crippen LogP contribution in [0.15, 0.2) is 57.7 Å². The van der Waals surface area contributed by atoms with Gasteiger partial charge in [0.05, 0.1) is 35.0 Å². The van der Waals surface area contributed by atoms with Crippen molar-refractivity contribution in [1.82, 2.24) is 0 Å². The van der Waals surface area contributed by atoms with Crippen molar-refractivity contribution >= 4 is 11.0 Å². The van der Waals surface area contributed by atoms with E-state index in [1.165, 1.54) is 41.6 Å². The molecule has 0 aliphatic rings. The van der Waals surface area contributed by atoms with Crippen LogP contribution in [0.5, 0.6) is 34.5 Å². The molecular formula is C29H30O10. The zero-order chi connectivity index (χ0) is 27.9. The molecule has 0 aliphatic heterocycles. The highest BCUT2D eigenvalue weighted by molar-refractivity contribution is 5.98. The Morgan fingerprint density at radius 3 is 2.15 bits per heavy atom. The predicted octanol–water partition coefficient (Wildman–Crippen LogP) is 4.90. The van der Waals surface area contributed by atoms with Crippen LogP contribution in [0.3, 0.4) is 0 Å². The molecule has 3 aromatic carbocycles. The Bertz CT molecular complexity index is 1490. The van der Waals surface area contributed by atoms with E-state index in [1.54, 1.807) is 12.1 Å². The number of hydrogen-bond donors (Lipinski definition) is 1. The van der Waals surface area contributed by atoms with E-state index in [2.05, 4.69) is 0 Å². The fourth-order valence-corrected chi connectivity index (χ4v) is 4.25. The van der Waals surface area contributed by atoms with Crippen LogP contribution in [-0.2, 0) is 22.7 Å². The van der Waals surface area contributed by atoms with Crippen LogP contribution in [0.1, 0.15) is 11.1 Å². The highest BCUT2D eigenvalue weighted by Crippen LogP contribution is 2.49. The Labute approximate surface area is 225 Å². The van der Waals surface area contributed by atoms with Gasteiger partial charge in [0.15, 0.2) is 23.0 Å². The van der Waals surface area contributed by atoms with Gasteiger partial charge in [-0.05, 0) is 23.3 Å². The Hall–Kier alpha value is -4.41. The van der Waals surface area contributed by atoms with Crippen molar-refractivity contribution in [2.45, 2.75) is 13.2 Å². The van der Waals surface area contributed by atoms with Crippen molar-refractivity contribution in [2.24, 2.45) is 0 Å². The summed E-state index contributed by atoms with van der Waals surface area (Å²) >= 11 is 0. The van der Waals surface area contributed by atoms with Gasteiger partial charge in [-0.2, -0.15) is 0 Å². The monoisotopic (exact) mass is 538 g/mol. The molecule has 0 aliphatic carbocycles. The summed E-state index contributed by atoms with van der Waals surface area (Å²) in [7, 11) is 7.30. The molecule has 0 fully saturated rings. The molecule has 0 atom stereocenters. The third kappa shape index (κ3) is 5.57. The molecule has 0 bridgehead atoms. The summed E-state index contributed by atoms with van der Waals surface area (Å²) in [5.74, 6) is 1.04. The Kier molecular flexibility index (Phi) is 8.80. The van der Waals surface area contributed by atoms with Gasteiger partial charge in [0.25, 0.3) is 0 Å². The van der Waals surface area contributed by atoms with E-state index in [9.17, 15) is 9.90 Å². The summed E-state index contributed by atoms with van der Waals surface area (Å²) in [4.78, 5) is 13.4. The number of fused-ring (bicyclic) bond motifs is 1. The van der Waals surface area contributed by atoms with Crippen molar-refractivity contribution in [3.8, 4) is 45.6 Å². The van der Waals surface area contributed by atoms with Crippen LogP contribution >= 0.6 is 0 Å². The first-order chi connectivity index (χ1) is 19.0. The average Bonchev–Trinajstić information content (AvgIpc) is 2.96. The normalized spacial score (nSPS) is 10.9. The first kappa shape index (κ1) is 27.6. The topological polar surface area (TPSA) is 115 Å². The van der Waals surface area contributed by atoms with Gasteiger partial charge >= 0.3 is 5.63 Å². The van der Waals surface area contributed by atoms with Gasteiger partial charge in [-0.1, -0.05) is 30.3 Å². The van der Waals surface area contributed by atoms with E-state index in [0.29, 0.717) is 22.6 Å². The lowest BCUT2D eigenvalue weighted by atomic mass is 9.97. The van der Waals surface area contributed by atoms with E-state index in [0.717, 1.165) is 5.56 Å². The molecule has 4 rings (SSSR count). The number of benzene rings is 3. The predicted molar refractivity (Wildman–Crippen MR) is 143 cm³/mol. The van der Waals surface area contributed by atoms with Gasteiger partial charge in [-0.25, -0.2) is 4.79 Å². The van der Waals surface area contributed by atoms with Crippen LogP contribution in [0, 0.1) is 0 Å². The first-order valence-corrected chi connectivity index (χ1v) is 11.9. The lowest BCUT2D eigenvalue weighted by Gasteiger charge is -2.18. The van der Waals surface area contributed by atoms with E-state index in [4.69, 9.17) is 37.6 Å². The minimum Gasteiger partial charge on any atom is -0.506 e. The van der Waals surface area contributed by atoms with Crippen molar-refractivity contribution in [3.63, 3.8) is 0 Å². The summed E-state index contributed by atoms with van der Waals surface area (Å²) in [5.41, 5.74) is 0.935. The summed E-state index contributed by atoms with van der Waals surface area (Å²) in [6.45, 7) is 0.301. The minimum atomic E-state index is -0.790. The molecule has 4 aromatic rings. The van der Waals surface area contributed by atoms with Gasteiger partial charge in [-0.15, -0.1) is 0 Å². The molecule has 1 aromatic heterocycles. The van der Waals surface area contributed by atoms with Crippen molar-refractivity contribution in [2.75, 3.05) is 42.3 Å². The number of rotatable bonds is 12. The van der Waals surface area contributed by atoms with Crippen molar-refractivity contribution in [1.29, 1.82) is 0 Å². The second-order valence-electron chi connectivity index (χ2n) is 8.32. The summed E-state index contributed by atoms with van der Waals surface area (Å²) in [6, 6.07) is 14.3. The van der Waals surface area contributed by atoms with Gasteiger partial charge in [0.1, 0.15) is 35.7 Å². The second kappa shape index (κ2) is 12.4. The zero-order valence-corrected chi connectivity index (χ0v) is 22.4. The smallest absolute Gasteiger partial charge is 0.348 e. The van der Waals surface area contributed by atoms with Gasteiger partial charge in [0, 0.05) is 18.7 Å². The molecule has 0 unspecified atom stereocenters. The Morgan fingerprint density at radius 1 is 0.795 bits per heavy atom. The Balaban J connectivity index is 1.95. The molecule has 206 valence electrons. The van der Waals surface area contributed by atoms with Gasteiger partial charge < -0.3 is 42.7 Å². The quantitative estimate of drug-likeness (QED) is 0.152. The maximum Gasteiger partial charge on any atom is 0.348 e. The minimum absolute atomic E-state index is 0.0111. The Morgan fingerprint density at radius 2 is 1.51 bits per heavy atom. The van der Waals surface area contributed by atoms with Gasteiger partial charge in [0.2, 0.25) is 5.75 Å². The van der Waals surface area contributed by atoms with E-state index >= 15 is 0 Å². The first-order valence-electron chi connectivity index (χ1n) is 11.9. The summed E-state index contributed by atoms with van der Waals surface area (Å²) < 4.78 is 44.2. The van der Waals surface area contributed by atoms with Crippen molar-refractivity contribution in [3.05, 3.63) is 70.1 Å². The second-order valence-corrected chi connectivity index (χ2v) is 8.32. The molecule has 1 N–H and O–H groups in total. The lowest BCUT2D eigenvalue weighted by molar-refractivity contribution is -0.0389. The highest BCUT2D eigenvalue weighted by atomic mass is 16.7. The fraction of sp³-hybridized carbons (Fsp3) is 0.276. The van der Waals surface area contributed by atoms with Crippen LogP contribution in [0.2, 0.25) is 0 Å². The lowest BCUT2D eigenvalue weighted by Crippen LogP contribution is -2.09. The van der Waals surface area contributed by atoms with Crippen LogP contribution in [0.25, 0.3) is 22.1 Å². The SMILES string of the molecule is COCOCc1cc(OC)c(OCc2ccccc2)cc1-c1c(O)c2c(OC)c(OC)c(OC)cc2oc1=O. The van der Waals surface area contributed by atoms with Crippen LogP contribution in [0.4, 0.5) is 0 Å². The third-order valence-corrected chi connectivity index (χ3v) is 6.03. The molecule has 1 heterocycles. The largest absolute Gasteiger partial charge is 0.506 e. The molecular weight excluding hydrogens is 508 g/mol. The molecule has 0 amide bonds. The zero-order valence-electron chi connectivity index (χ0n) is 22.4. The molecule has 10 nitrogen and oxygen atoms in total. The molecule has 0 radical (unpaired) electrons. The standard InChI is InChI=1S/C29H30O10/c1-32-16-37-15-18-11-20(33-2)21(38-14-17-9-7-6-8-10-17)12-19(18)24-26(30)25-22(39-29(24)31)13-23(34-3)27(35-4)28(25)36-5/h6-13,30H,14-16H2,1-5H3. The van der Waals surface area contributed by atoms with Crippen LogP contribution < -0.4 is 29.3 Å². The molecule has 0 spiro atoms.